The first-order valence-electron chi connectivity index (χ1n) is 12.6. The summed E-state index contributed by atoms with van der Waals surface area (Å²) in [6.07, 6.45) is 1.56. The van der Waals surface area contributed by atoms with Crippen molar-refractivity contribution in [3.63, 3.8) is 0 Å². The van der Waals surface area contributed by atoms with Gasteiger partial charge in [-0.3, -0.25) is 9.59 Å². The van der Waals surface area contributed by atoms with Crippen molar-refractivity contribution < 1.29 is 27.8 Å². The number of carbonyl (C=O) groups is 2. The van der Waals surface area contributed by atoms with E-state index in [1.54, 1.807) is 30.1 Å². The first-order chi connectivity index (χ1) is 19.1. The number of likely N-dealkylation sites (N-methyl/N-ethyl adjacent to an activating group) is 1. The highest BCUT2D eigenvalue weighted by atomic mass is 19.3. The average molecular weight is 555 g/mol. The molecule has 1 aliphatic carbocycles. The van der Waals surface area contributed by atoms with Crippen LogP contribution < -0.4 is 20.7 Å². The molecule has 2 unspecified atom stereocenters. The van der Waals surface area contributed by atoms with Crippen LogP contribution in [0.15, 0.2) is 48.7 Å². The fraction of sp³-hybridized carbons (Fsp3) is 0.357. The lowest BCUT2D eigenvalue weighted by Gasteiger charge is -2.32. The summed E-state index contributed by atoms with van der Waals surface area (Å²) < 4.78 is 39.8. The Hall–Kier alpha value is -4.32. The van der Waals surface area contributed by atoms with Crippen molar-refractivity contribution in [2.75, 3.05) is 45.6 Å². The highest BCUT2D eigenvalue weighted by Crippen LogP contribution is 2.39. The molecule has 10 nitrogen and oxygen atoms in total. The molecule has 0 saturated heterocycles. The Bertz CT molecular complexity index is 1400. The number of nitrogens with one attached hydrogen (secondary N) is 3. The number of ether oxygens (including phenoxy) is 2. The summed E-state index contributed by atoms with van der Waals surface area (Å²) in [5, 5.41) is 8.73. The molecule has 0 bridgehead atoms. The van der Waals surface area contributed by atoms with Gasteiger partial charge in [0.15, 0.2) is 0 Å². The van der Waals surface area contributed by atoms with E-state index in [9.17, 15) is 18.4 Å². The number of alkyl halides is 2. The van der Waals surface area contributed by atoms with Crippen LogP contribution in [-0.2, 0) is 21.9 Å². The van der Waals surface area contributed by atoms with E-state index in [-0.39, 0.29) is 35.8 Å². The molecule has 0 spiro atoms. The molecule has 0 aliphatic heterocycles. The zero-order valence-corrected chi connectivity index (χ0v) is 22.9. The molecule has 1 aromatic heterocycles. The van der Waals surface area contributed by atoms with Crippen LogP contribution in [0.5, 0.6) is 5.75 Å². The summed E-state index contributed by atoms with van der Waals surface area (Å²) in [5.41, 5.74) is 2.35. The number of benzene rings is 2. The molecule has 0 radical (unpaired) electrons. The van der Waals surface area contributed by atoms with Crippen molar-refractivity contribution >= 4 is 29.3 Å². The predicted molar refractivity (Wildman–Crippen MR) is 146 cm³/mol. The van der Waals surface area contributed by atoms with E-state index < -0.39 is 18.0 Å². The number of halogens is 2. The fourth-order valence-electron chi connectivity index (χ4n) is 4.81. The molecule has 12 heteroatoms. The second-order valence-electron chi connectivity index (χ2n) is 9.50. The lowest BCUT2D eigenvalue weighted by molar-refractivity contribution is -0.136. The third-order valence-corrected chi connectivity index (χ3v) is 6.79. The molecule has 2 aromatic carbocycles. The van der Waals surface area contributed by atoms with Gasteiger partial charge in [-0.15, -0.1) is 0 Å². The zero-order valence-electron chi connectivity index (χ0n) is 22.9. The van der Waals surface area contributed by atoms with Gasteiger partial charge in [-0.2, -0.15) is 4.98 Å². The highest BCUT2D eigenvalue weighted by Gasteiger charge is 2.39. The minimum Gasteiger partial charge on any atom is -0.495 e. The molecule has 212 valence electrons. The van der Waals surface area contributed by atoms with E-state index in [0.29, 0.717) is 23.4 Å². The summed E-state index contributed by atoms with van der Waals surface area (Å²) >= 11 is 0. The molecule has 40 heavy (non-hydrogen) atoms. The van der Waals surface area contributed by atoms with Gasteiger partial charge in [0.25, 0.3) is 11.8 Å². The molecular formula is C28H32F2N6O4. The number of carbonyl (C=O) groups excluding carboxylic acids is 2. The number of aromatic nitrogens is 2. The van der Waals surface area contributed by atoms with Gasteiger partial charge in [-0.25, -0.2) is 13.8 Å². The number of rotatable bonds is 10. The van der Waals surface area contributed by atoms with Crippen molar-refractivity contribution in [1.29, 1.82) is 0 Å². The van der Waals surface area contributed by atoms with Gasteiger partial charge >= 0.3 is 0 Å². The topological polar surface area (TPSA) is 118 Å². The summed E-state index contributed by atoms with van der Waals surface area (Å²) in [5.74, 6) is -3.46. The molecule has 1 aliphatic rings. The van der Waals surface area contributed by atoms with E-state index in [1.165, 1.54) is 21.3 Å². The van der Waals surface area contributed by atoms with Gasteiger partial charge in [0.1, 0.15) is 18.2 Å². The smallest absolute Gasteiger partial charge is 0.275 e. The molecular weight excluding hydrogens is 522 g/mol. The fourth-order valence-corrected chi connectivity index (χ4v) is 4.81. The molecule has 0 saturated carbocycles. The van der Waals surface area contributed by atoms with Crippen LogP contribution in [-0.4, -0.2) is 67.6 Å². The van der Waals surface area contributed by atoms with Crippen molar-refractivity contribution in [3.8, 4) is 5.75 Å². The Morgan fingerprint density at radius 3 is 2.60 bits per heavy atom. The lowest BCUT2D eigenvalue weighted by Crippen LogP contribution is -2.41. The van der Waals surface area contributed by atoms with Crippen LogP contribution in [0.25, 0.3) is 0 Å². The van der Waals surface area contributed by atoms with E-state index >= 15 is 0 Å². The highest BCUT2D eigenvalue weighted by molar-refractivity contribution is 5.95. The SMILES string of the molecule is CNC(=O)c1ccc(Nc2ncc(C(C)(F)F)c(NC3Cc4ccccc4C3N(C)C(=O)COC)n2)c(OC)c1. The number of anilines is 3. The minimum atomic E-state index is -3.24. The summed E-state index contributed by atoms with van der Waals surface area (Å²) in [6.45, 7) is 0.669. The van der Waals surface area contributed by atoms with Crippen LogP contribution in [0.3, 0.4) is 0 Å². The molecule has 1 heterocycles. The van der Waals surface area contributed by atoms with Crippen LogP contribution in [0, 0.1) is 0 Å². The Morgan fingerprint density at radius 2 is 1.93 bits per heavy atom. The van der Waals surface area contributed by atoms with Gasteiger partial charge < -0.3 is 30.3 Å². The van der Waals surface area contributed by atoms with Gasteiger partial charge in [-0.05, 0) is 35.7 Å². The summed E-state index contributed by atoms with van der Waals surface area (Å²) in [7, 11) is 6.07. The molecule has 3 aromatic rings. The van der Waals surface area contributed by atoms with Crippen molar-refractivity contribution in [1.82, 2.24) is 20.2 Å². The normalized spacial score (nSPS) is 16.2. The van der Waals surface area contributed by atoms with E-state index in [2.05, 4.69) is 25.9 Å². The van der Waals surface area contributed by atoms with Crippen LogP contribution in [0.2, 0.25) is 0 Å². The van der Waals surface area contributed by atoms with Gasteiger partial charge in [0, 0.05) is 39.9 Å². The van der Waals surface area contributed by atoms with Gasteiger partial charge in [-0.1, -0.05) is 24.3 Å². The van der Waals surface area contributed by atoms with E-state index in [1.807, 2.05) is 24.3 Å². The maximum absolute atomic E-state index is 14.7. The monoisotopic (exact) mass is 554 g/mol. The average Bonchev–Trinajstić information content (AvgIpc) is 3.29. The third-order valence-electron chi connectivity index (χ3n) is 6.79. The van der Waals surface area contributed by atoms with E-state index in [4.69, 9.17) is 9.47 Å². The van der Waals surface area contributed by atoms with Crippen molar-refractivity contribution in [3.05, 3.63) is 70.9 Å². The third kappa shape index (κ3) is 5.96. The lowest BCUT2D eigenvalue weighted by atomic mass is 10.0. The first-order valence-corrected chi connectivity index (χ1v) is 12.6. The second-order valence-corrected chi connectivity index (χ2v) is 9.50. The Labute approximate surface area is 231 Å². The second kappa shape index (κ2) is 11.8. The Morgan fingerprint density at radius 1 is 1.18 bits per heavy atom. The molecule has 0 fully saturated rings. The number of hydrogen-bond acceptors (Lipinski definition) is 8. The molecule has 4 rings (SSSR count). The quantitative estimate of drug-likeness (QED) is 0.346. The number of amides is 2. The number of hydrogen-bond donors (Lipinski definition) is 3. The maximum atomic E-state index is 14.7. The first kappa shape index (κ1) is 28.7. The summed E-state index contributed by atoms with van der Waals surface area (Å²) in [4.78, 5) is 34.8. The van der Waals surface area contributed by atoms with Crippen LogP contribution in [0.1, 0.15) is 40.0 Å². The number of methoxy groups -OCH3 is 2. The maximum Gasteiger partial charge on any atom is 0.275 e. The molecule has 2 atom stereocenters. The van der Waals surface area contributed by atoms with Crippen LogP contribution >= 0.6 is 0 Å². The van der Waals surface area contributed by atoms with E-state index in [0.717, 1.165) is 24.2 Å². The van der Waals surface area contributed by atoms with Gasteiger partial charge in [0.2, 0.25) is 11.9 Å². The molecule has 3 N–H and O–H groups in total. The minimum absolute atomic E-state index is 0.0392. The number of fused-ring (bicyclic) bond motifs is 1. The van der Waals surface area contributed by atoms with Crippen molar-refractivity contribution in [2.45, 2.75) is 31.4 Å². The van der Waals surface area contributed by atoms with Gasteiger partial charge in [0.05, 0.1) is 30.4 Å². The van der Waals surface area contributed by atoms with Crippen molar-refractivity contribution in [2.24, 2.45) is 0 Å². The predicted octanol–water partition coefficient (Wildman–Crippen LogP) is 3.88. The van der Waals surface area contributed by atoms with Crippen LogP contribution in [0.4, 0.5) is 26.2 Å². The Kier molecular flexibility index (Phi) is 8.48. The largest absolute Gasteiger partial charge is 0.495 e. The Balaban J connectivity index is 1.69. The summed E-state index contributed by atoms with van der Waals surface area (Å²) in [6, 6.07) is 11.5. The standard InChI is InChI=1S/C28H32F2N6O4/c1-28(29,30)19-14-32-27(34-20-11-10-17(26(38)31-2)13-22(20)40-5)35-25(19)33-21-12-16-8-6-7-9-18(16)24(21)36(3)23(37)15-39-4/h6-11,13-14,21,24H,12,15H2,1-5H3,(H,31,38)(H2,32,33,34,35). The number of nitrogens with zero attached hydrogens (tertiary/aromatic N) is 3. The zero-order chi connectivity index (χ0) is 29.0. The molecule has 2 amide bonds.